The number of benzene rings is 1. The molecule has 5 nitrogen and oxygen atoms in total. The number of amides is 2. The fraction of sp³-hybridized carbons (Fsp3) is 0.579. The van der Waals surface area contributed by atoms with Crippen LogP contribution in [0.2, 0.25) is 0 Å². The van der Waals surface area contributed by atoms with Gasteiger partial charge in [0, 0.05) is 19.1 Å². The van der Waals surface area contributed by atoms with Crippen LogP contribution >= 0.6 is 0 Å². The Kier molecular flexibility index (Phi) is 6.16. The van der Waals surface area contributed by atoms with Gasteiger partial charge in [-0.15, -0.1) is 0 Å². The highest BCUT2D eigenvalue weighted by molar-refractivity contribution is 5.81. The topological polar surface area (TPSA) is 75.4 Å². The van der Waals surface area contributed by atoms with Gasteiger partial charge in [-0.25, -0.2) is 4.39 Å². The number of rotatable bonds is 5. The van der Waals surface area contributed by atoms with Gasteiger partial charge in [0.15, 0.2) is 0 Å². The summed E-state index contributed by atoms with van der Waals surface area (Å²) in [5.74, 6) is -0.964. The summed E-state index contributed by atoms with van der Waals surface area (Å²) in [6.45, 7) is 7.31. The van der Waals surface area contributed by atoms with Gasteiger partial charge in [0.25, 0.3) is 0 Å². The smallest absolute Gasteiger partial charge is 0.236 e. The summed E-state index contributed by atoms with van der Waals surface area (Å²) < 4.78 is 13.6. The lowest BCUT2D eigenvalue weighted by Crippen LogP contribution is -2.48. The maximum atomic E-state index is 13.6. The van der Waals surface area contributed by atoms with Crippen LogP contribution in [0.5, 0.6) is 0 Å². The molecule has 2 atom stereocenters. The Hall–Kier alpha value is -1.95. The molecule has 1 aromatic carbocycles. The number of nitrogens with two attached hydrogens (primary N) is 1. The third-order valence-corrected chi connectivity index (χ3v) is 4.68. The minimum atomic E-state index is -0.349. The van der Waals surface area contributed by atoms with E-state index in [0.29, 0.717) is 13.1 Å². The number of hydrogen-bond donors (Lipinski definition) is 2. The number of nitrogens with zero attached hydrogens (tertiary/aromatic N) is 1. The molecular weight excluding hydrogens is 321 g/mol. The van der Waals surface area contributed by atoms with E-state index in [2.05, 4.69) is 5.32 Å². The summed E-state index contributed by atoms with van der Waals surface area (Å²) in [4.78, 5) is 25.6. The molecule has 1 heterocycles. The zero-order valence-electron chi connectivity index (χ0n) is 15.2. The van der Waals surface area contributed by atoms with E-state index in [1.54, 1.807) is 11.0 Å². The number of hydrogen-bond acceptors (Lipinski definition) is 3. The SMILES string of the molecule is CC(C)(C)[C@H](NCC(=O)N1CCC[C@H](C(N)=O)C1)c1cccc(F)c1. The van der Waals surface area contributed by atoms with Crippen LogP contribution in [0.25, 0.3) is 0 Å². The van der Waals surface area contributed by atoms with E-state index < -0.39 is 0 Å². The molecule has 2 rings (SSSR count). The van der Waals surface area contributed by atoms with Crippen molar-refractivity contribution in [2.75, 3.05) is 19.6 Å². The third-order valence-electron chi connectivity index (χ3n) is 4.68. The summed E-state index contributed by atoms with van der Waals surface area (Å²) in [6.07, 6.45) is 1.52. The molecule has 2 amide bonds. The zero-order chi connectivity index (χ0) is 18.6. The summed E-state index contributed by atoms with van der Waals surface area (Å²) >= 11 is 0. The van der Waals surface area contributed by atoms with Crippen LogP contribution < -0.4 is 11.1 Å². The summed E-state index contributed by atoms with van der Waals surface area (Å²) in [5, 5.41) is 3.27. The van der Waals surface area contributed by atoms with Crippen molar-refractivity contribution in [3.63, 3.8) is 0 Å². The van der Waals surface area contributed by atoms with Gasteiger partial charge in [0.1, 0.15) is 5.82 Å². The van der Waals surface area contributed by atoms with Gasteiger partial charge in [-0.05, 0) is 36.0 Å². The average molecular weight is 349 g/mol. The van der Waals surface area contributed by atoms with E-state index in [1.807, 2.05) is 26.8 Å². The van der Waals surface area contributed by atoms with Crippen molar-refractivity contribution in [1.29, 1.82) is 0 Å². The van der Waals surface area contributed by atoms with Crippen LogP contribution in [0.15, 0.2) is 24.3 Å². The second-order valence-electron chi connectivity index (χ2n) is 7.82. The third kappa shape index (κ3) is 5.26. The van der Waals surface area contributed by atoms with Gasteiger partial charge in [-0.2, -0.15) is 0 Å². The molecule has 1 aliphatic heterocycles. The molecule has 0 unspecified atom stereocenters. The highest BCUT2D eigenvalue weighted by atomic mass is 19.1. The van der Waals surface area contributed by atoms with Crippen molar-refractivity contribution >= 4 is 11.8 Å². The first-order chi connectivity index (χ1) is 11.7. The van der Waals surface area contributed by atoms with Crippen molar-refractivity contribution < 1.29 is 14.0 Å². The molecule has 138 valence electrons. The predicted octanol–water partition coefficient (Wildman–Crippen LogP) is 2.23. The Balaban J connectivity index is 2.03. The molecule has 0 aromatic heterocycles. The lowest BCUT2D eigenvalue weighted by Gasteiger charge is -2.34. The molecule has 1 fully saturated rings. The Morgan fingerprint density at radius 2 is 2.12 bits per heavy atom. The largest absolute Gasteiger partial charge is 0.369 e. The van der Waals surface area contributed by atoms with Crippen molar-refractivity contribution in [3.05, 3.63) is 35.6 Å². The summed E-state index contributed by atoms with van der Waals surface area (Å²) in [7, 11) is 0. The van der Waals surface area contributed by atoms with Crippen molar-refractivity contribution in [1.82, 2.24) is 10.2 Å². The Morgan fingerprint density at radius 3 is 2.72 bits per heavy atom. The number of carbonyl (C=O) groups is 2. The number of halogens is 1. The lowest BCUT2D eigenvalue weighted by molar-refractivity contribution is -0.134. The molecule has 0 radical (unpaired) electrons. The van der Waals surface area contributed by atoms with Crippen LogP contribution in [0, 0.1) is 17.2 Å². The number of carbonyl (C=O) groups excluding carboxylic acids is 2. The van der Waals surface area contributed by atoms with E-state index >= 15 is 0 Å². The monoisotopic (exact) mass is 349 g/mol. The molecule has 0 spiro atoms. The van der Waals surface area contributed by atoms with Gasteiger partial charge >= 0.3 is 0 Å². The van der Waals surface area contributed by atoms with Gasteiger partial charge in [0.2, 0.25) is 11.8 Å². The van der Waals surface area contributed by atoms with Crippen LogP contribution in [-0.2, 0) is 9.59 Å². The lowest BCUT2D eigenvalue weighted by atomic mass is 9.82. The molecule has 0 bridgehead atoms. The molecule has 1 aromatic rings. The minimum absolute atomic E-state index is 0.0587. The van der Waals surface area contributed by atoms with Crippen LogP contribution in [0.1, 0.15) is 45.2 Å². The second-order valence-corrected chi connectivity index (χ2v) is 7.82. The first-order valence-corrected chi connectivity index (χ1v) is 8.74. The number of nitrogens with one attached hydrogen (secondary N) is 1. The molecule has 25 heavy (non-hydrogen) atoms. The summed E-state index contributed by atoms with van der Waals surface area (Å²) in [5.41, 5.74) is 6.00. The van der Waals surface area contributed by atoms with Gasteiger partial charge in [-0.1, -0.05) is 32.9 Å². The molecular formula is C19H28FN3O2. The van der Waals surface area contributed by atoms with E-state index in [-0.39, 0.29) is 41.6 Å². The molecule has 3 N–H and O–H groups in total. The van der Waals surface area contributed by atoms with Crippen LogP contribution in [-0.4, -0.2) is 36.3 Å². The normalized spacial score (nSPS) is 19.5. The highest BCUT2D eigenvalue weighted by Gasteiger charge is 2.30. The Labute approximate surface area is 148 Å². The Morgan fingerprint density at radius 1 is 1.40 bits per heavy atom. The fourth-order valence-electron chi connectivity index (χ4n) is 3.35. The average Bonchev–Trinajstić information content (AvgIpc) is 2.53. The molecule has 6 heteroatoms. The van der Waals surface area contributed by atoms with E-state index in [9.17, 15) is 14.0 Å². The maximum Gasteiger partial charge on any atom is 0.236 e. The number of primary amides is 1. The van der Waals surface area contributed by atoms with Gasteiger partial charge in [-0.3, -0.25) is 9.59 Å². The van der Waals surface area contributed by atoms with Crippen molar-refractivity contribution in [2.45, 2.75) is 39.7 Å². The second kappa shape index (κ2) is 7.95. The standard InChI is InChI=1S/C19H28FN3O2/c1-19(2,3)17(13-6-4-8-15(20)10-13)22-11-16(24)23-9-5-7-14(12-23)18(21)25/h4,6,8,10,14,17,22H,5,7,9,11-12H2,1-3H3,(H2,21,25)/t14-,17+/m0/s1. The van der Waals surface area contributed by atoms with E-state index in [4.69, 9.17) is 5.73 Å². The first kappa shape index (κ1) is 19.4. The number of piperidine rings is 1. The maximum absolute atomic E-state index is 13.6. The molecule has 1 aliphatic rings. The van der Waals surface area contributed by atoms with E-state index in [1.165, 1.54) is 12.1 Å². The van der Waals surface area contributed by atoms with Crippen LogP contribution in [0.3, 0.4) is 0 Å². The number of likely N-dealkylation sites (tertiary alicyclic amines) is 1. The first-order valence-electron chi connectivity index (χ1n) is 8.74. The fourth-order valence-corrected chi connectivity index (χ4v) is 3.35. The molecule has 0 aliphatic carbocycles. The van der Waals surface area contributed by atoms with E-state index in [0.717, 1.165) is 18.4 Å². The highest BCUT2D eigenvalue weighted by Crippen LogP contribution is 2.32. The minimum Gasteiger partial charge on any atom is -0.369 e. The predicted molar refractivity (Wildman–Crippen MR) is 95.1 cm³/mol. The van der Waals surface area contributed by atoms with Crippen LogP contribution in [0.4, 0.5) is 4.39 Å². The Bertz CT molecular complexity index is 627. The van der Waals surface area contributed by atoms with Gasteiger partial charge < -0.3 is 16.0 Å². The molecule has 0 saturated carbocycles. The summed E-state index contributed by atoms with van der Waals surface area (Å²) in [6, 6.07) is 6.28. The van der Waals surface area contributed by atoms with Crippen molar-refractivity contribution in [2.24, 2.45) is 17.1 Å². The zero-order valence-corrected chi connectivity index (χ0v) is 15.2. The quantitative estimate of drug-likeness (QED) is 0.856. The van der Waals surface area contributed by atoms with Crippen molar-refractivity contribution in [3.8, 4) is 0 Å². The molecule has 1 saturated heterocycles. The van der Waals surface area contributed by atoms with Gasteiger partial charge in [0.05, 0.1) is 12.5 Å².